The van der Waals surface area contributed by atoms with Crippen LogP contribution in [-0.4, -0.2) is 23.0 Å². The van der Waals surface area contributed by atoms with E-state index in [0.29, 0.717) is 12.5 Å². The third-order valence-corrected chi connectivity index (χ3v) is 3.00. The number of anilines is 1. The van der Waals surface area contributed by atoms with Gasteiger partial charge in [-0.15, -0.1) is 0 Å². The number of carbonyl (C=O) groups is 2. The number of benzene rings is 1. The first-order valence-corrected chi connectivity index (χ1v) is 5.85. The van der Waals surface area contributed by atoms with E-state index in [1.807, 2.05) is 0 Å². The van der Waals surface area contributed by atoms with Gasteiger partial charge >= 0.3 is 5.97 Å². The number of carboxylic acid groups (broad SMARTS) is 1. The van der Waals surface area contributed by atoms with Crippen molar-refractivity contribution >= 4 is 17.6 Å². The second-order valence-electron chi connectivity index (χ2n) is 4.50. The molecule has 1 aromatic rings. The Morgan fingerprint density at radius 1 is 1.25 bits per heavy atom. The fourth-order valence-corrected chi connectivity index (χ4v) is 1.96. The average Bonchev–Trinajstić information content (AvgIpc) is 2.79. The Kier molecular flexibility index (Phi) is 3.80. The van der Waals surface area contributed by atoms with Crippen molar-refractivity contribution in [2.45, 2.75) is 12.5 Å². The number of nitrogens with one attached hydrogen (secondary N) is 1. The second kappa shape index (κ2) is 5.38. The Hall–Kier alpha value is -2.28. The number of amides is 1. The van der Waals surface area contributed by atoms with Crippen molar-refractivity contribution in [3.05, 3.63) is 41.5 Å². The van der Waals surface area contributed by atoms with Gasteiger partial charge in [0, 0.05) is 12.1 Å². The minimum atomic E-state index is -1.54. The molecule has 0 radical (unpaired) electrons. The van der Waals surface area contributed by atoms with E-state index >= 15 is 0 Å². The molecule has 0 aliphatic heterocycles. The number of rotatable bonds is 3. The highest BCUT2D eigenvalue weighted by Crippen LogP contribution is 2.23. The van der Waals surface area contributed by atoms with Gasteiger partial charge in [-0.3, -0.25) is 4.79 Å². The minimum absolute atomic E-state index is 0.238. The molecule has 4 N–H and O–H groups in total. The number of nitrogens with two attached hydrogens (primary N) is 1. The maximum Gasteiger partial charge on any atom is 0.338 e. The van der Waals surface area contributed by atoms with E-state index in [0.717, 1.165) is 6.07 Å². The maximum absolute atomic E-state index is 13.5. The zero-order valence-electron chi connectivity index (χ0n) is 10.3. The molecule has 0 saturated carbocycles. The van der Waals surface area contributed by atoms with Crippen LogP contribution >= 0.6 is 0 Å². The lowest BCUT2D eigenvalue weighted by atomic mass is 10.1. The van der Waals surface area contributed by atoms with Crippen LogP contribution in [-0.2, 0) is 4.79 Å². The first kappa shape index (κ1) is 14.1. The van der Waals surface area contributed by atoms with Crippen molar-refractivity contribution in [3.63, 3.8) is 0 Å². The summed E-state index contributed by atoms with van der Waals surface area (Å²) in [6, 6.07) is 0.942. The molecule has 0 bridgehead atoms. The lowest BCUT2D eigenvalue weighted by Gasteiger charge is -2.12. The van der Waals surface area contributed by atoms with Crippen molar-refractivity contribution in [2.75, 3.05) is 5.32 Å². The number of halogens is 2. The second-order valence-corrected chi connectivity index (χ2v) is 4.50. The van der Waals surface area contributed by atoms with Gasteiger partial charge in [-0.05, 0) is 12.5 Å². The fourth-order valence-electron chi connectivity index (χ4n) is 1.96. The Morgan fingerprint density at radius 3 is 2.50 bits per heavy atom. The van der Waals surface area contributed by atoms with Gasteiger partial charge in [0.1, 0.15) is 11.6 Å². The standard InChI is InChI=1S/C13H12F2N2O3/c14-9-5-10(15)11(4-8(9)13(19)20)17-12(18)6-1-2-7(16)3-6/h1-2,4-7H,3,16H2,(H,17,18)(H,19,20). The molecule has 5 nitrogen and oxygen atoms in total. The van der Waals surface area contributed by atoms with Crippen LogP contribution in [0.1, 0.15) is 16.8 Å². The van der Waals surface area contributed by atoms with E-state index in [-0.39, 0.29) is 11.7 Å². The predicted octanol–water partition coefficient (Wildman–Crippen LogP) is 1.50. The minimum Gasteiger partial charge on any atom is -0.478 e. The van der Waals surface area contributed by atoms with Crippen LogP contribution in [0.4, 0.5) is 14.5 Å². The molecule has 0 heterocycles. The highest BCUT2D eigenvalue weighted by molar-refractivity contribution is 5.96. The van der Waals surface area contributed by atoms with E-state index in [4.69, 9.17) is 10.8 Å². The average molecular weight is 282 g/mol. The zero-order valence-corrected chi connectivity index (χ0v) is 10.3. The molecular weight excluding hydrogens is 270 g/mol. The Bertz CT molecular complexity index is 602. The molecule has 106 valence electrons. The lowest BCUT2D eigenvalue weighted by molar-refractivity contribution is -0.118. The summed E-state index contributed by atoms with van der Waals surface area (Å²) in [6.07, 6.45) is 3.65. The molecule has 0 aromatic heterocycles. The fraction of sp³-hybridized carbons (Fsp3) is 0.231. The highest BCUT2D eigenvalue weighted by atomic mass is 19.1. The normalized spacial score (nSPS) is 20.9. The molecule has 2 rings (SSSR count). The topological polar surface area (TPSA) is 92.4 Å². The molecule has 20 heavy (non-hydrogen) atoms. The van der Waals surface area contributed by atoms with E-state index in [9.17, 15) is 18.4 Å². The molecule has 0 spiro atoms. The third-order valence-electron chi connectivity index (χ3n) is 3.00. The number of hydrogen-bond acceptors (Lipinski definition) is 3. The highest BCUT2D eigenvalue weighted by Gasteiger charge is 2.24. The molecular formula is C13H12F2N2O3. The summed E-state index contributed by atoms with van der Waals surface area (Å²) in [5, 5.41) is 11.0. The first-order valence-electron chi connectivity index (χ1n) is 5.85. The van der Waals surface area contributed by atoms with Crippen LogP contribution in [0.3, 0.4) is 0 Å². The van der Waals surface area contributed by atoms with E-state index in [2.05, 4.69) is 5.32 Å². The molecule has 0 saturated heterocycles. The smallest absolute Gasteiger partial charge is 0.338 e. The zero-order chi connectivity index (χ0) is 14.9. The molecule has 0 fully saturated rings. The van der Waals surface area contributed by atoms with Crippen molar-refractivity contribution in [2.24, 2.45) is 11.7 Å². The van der Waals surface area contributed by atoms with E-state index in [1.165, 1.54) is 0 Å². The summed E-state index contributed by atoms with van der Waals surface area (Å²) in [4.78, 5) is 22.6. The van der Waals surface area contributed by atoms with Crippen molar-refractivity contribution in [3.8, 4) is 0 Å². The van der Waals surface area contributed by atoms with Crippen LogP contribution in [0.5, 0.6) is 0 Å². The Morgan fingerprint density at radius 2 is 1.95 bits per heavy atom. The molecule has 1 aliphatic rings. The van der Waals surface area contributed by atoms with Crippen LogP contribution in [0.25, 0.3) is 0 Å². The number of carboxylic acids is 1. The summed E-state index contributed by atoms with van der Waals surface area (Å²) < 4.78 is 26.7. The quantitative estimate of drug-likeness (QED) is 0.733. The summed E-state index contributed by atoms with van der Waals surface area (Å²) >= 11 is 0. The summed E-state index contributed by atoms with van der Waals surface area (Å²) in [5.74, 6) is -4.80. The molecule has 7 heteroatoms. The number of aromatic carboxylic acids is 1. The van der Waals surface area contributed by atoms with Gasteiger partial charge < -0.3 is 16.2 Å². The van der Waals surface area contributed by atoms with Crippen LogP contribution in [0.15, 0.2) is 24.3 Å². The van der Waals surface area contributed by atoms with Crippen LogP contribution < -0.4 is 11.1 Å². The molecule has 2 atom stereocenters. The Labute approximate surface area is 113 Å². The summed E-state index contributed by atoms with van der Waals surface area (Å²) in [7, 11) is 0. The van der Waals surface area contributed by atoms with Crippen molar-refractivity contribution < 1.29 is 23.5 Å². The van der Waals surface area contributed by atoms with Gasteiger partial charge in [0.2, 0.25) is 5.91 Å². The number of carbonyl (C=O) groups excluding carboxylic acids is 1. The maximum atomic E-state index is 13.5. The van der Waals surface area contributed by atoms with Crippen molar-refractivity contribution in [1.29, 1.82) is 0 Å². The first-order chi connectivity index (χ1) is 9.38. The van der Waals surface area contributed by atoms with Gasteiger partial charge in [0.05, 0.1) is 17.2 Å². The molecule has 2 unspecified atom stereocenters. The monoisotopic (exact) mass is 282 g/mol. The summed E-state index contributed by atoms with van der Waals surface area (Å²) in [5.41, 5.74) is 4.52. The van der Waals surface area contributed by atoms with E-state index < -0.39 is 35.0 Å². The van der Waals surface area contributed by atoms with Crippen molar-refractivity contribution in [1.82, 2.24) is 0 Å². The third kappa shape index (κ3) is 2.83. The Balaban J connectivity index is 2.21. The van der Waals surface area contributed by atoms with Gasteiger partial charge in [0.25, 0.3) is 0 Å². The lowest BCUT2D eigenvalue weighted by Crippen LogP contribution is -2.24. The van der Waals surface area contributed by atoms with E-state index in [1.54, 1.807) is 12.2 Å². The van der Waals surface area contributed by atoms with Gasteiger partial charge in [-0.2, -0.15) is 0 Å². The van der Waals surface area contributed by atoms with Gasteiger partial charge in [-0.1, -0.05) is 12.2 Å². The number of hydrogen-bond donors (Lipinski definition) is 3. The van der Waals surface area contributed by atoms with Gasteiger partial charge in [-0.25, -0.2) is 13.6 Å². The molecule has 1 aromatic carbocycles. The van der Waals surface area contributed by atoms with Crippen LogP contribution in [0, 0.1) is 17.6 Å². The molecule has 1 aliphatic carbocycles. The molecule has 1 amide bonds. The van der Waals surface area contributed by atoms with Gasteiger partial charge in [0.15, 0.2) is 0 Å². The largest absolute Gasteiger partial charge is 0.478 e. The summed E-state index contributed by atoms with van der Waals surface area (Å²) in [6.45, 7) is 0. The predicted molar refractivity (Wildman–Crippen MR) is 67.2 cm³/mol. The SMILES string of the molecule is NC1C=CC(C(=O)Nc2cc(C(=O)O)c(F)cc2F)C1. The van der Waals surface area contributed by atoms with Crippen LogP contribution in [0.2, 0.25) is 0 Å².